The number of nitrogens with one attached hydrogen (secondary N) is 1. The van der Waals surface area contributed by atoms with Crippen LogP contribution in [-0.4, -0.2) is 35.1 Å². The second kappa shape index (κ2) is 5.26. The summed E-state index contributed by atoms with van der Waals surface area (Å²) in [6.45, 7) is 1.71. The molecule has 5 nitrogen and oxygen atoms in total. The summed E-state index contributed by atoms with van der Waals surface area (Å²) in [4.78, 5) is 18.6. The molecular formula is C12H16ClN3O2S. The minimum Gasteiger partial charge on any atom is -0.391 e. The zero-order chi connectivity index (χ0) is 13.4. The van der Waals surface area contributed by atoms with Gasteiger partial charge in [0.25, 0.3) is 0 Å². The van der Waals surface area contributed by atoms with E-state index in [1.165, 1.54) is 11.3 Å². The molecule has 0 aliphatic carbocycles. The second-order valence-corrected chi connectivity index (χ2v) is 6.50. The van der Waals surface area contributed by atoms with Crippen molar-refractivity contribution in [1.29, 1.82) is 0 Å². The van der Waals surface area contributed by atoms with E-state index in [0.717, 1.165) is 35.9 Å². The molecule has 2 N–H and O–H groups in total. The van der Waals surface area contributed by atoms with Crippen LogP contribution in [0.2, 0.25) is 5.15 Å². The molecule has 2 saturated heterocycles. The Kier molecular flexibility index (Phi) is 3.64. The Bertz CT molecular complexity index is 493. The van der Waals surface area contributed by atoms with E-state index < -0.39 is 0 Å². The van der Waals surface area contributed by atoms with Gasteiger partial charge >= 0.3 is 0 Å². The summed E-state index contributed by atoms with van der Waals surface area (Å²) < 4.78 is 0. The van der Waals surface area contributed by atoms with Crippen molar-refractivity contribution in [2.75, 3.05) is 18.0 Å². The van der Waals surface area contributed by atoms with Crippen molar-refractivity contribution in [3.8, 4) is 0 Å². The maximum absolute atomic E-state index is 11.4. The van der Waals surface area contributed by atoms with E-state index in [4.69, 9.17) is 16.7 Å². The fraction of sp³-hybridized carbons (Fsp3) is 0.667. The highest BCUT2D eigenvalue weighted by molar-refractivity contribution is 7.16. The molecule has 0 radical (unpaired) electrons. The first-order chi connectivity index (χ1) is 9.17. The molecule has 3 rings (SSSR count). The lowest BCUT2D eigenvalue weighted by molar-refractivity contribution is -0.124. The normalized spacial score (nSPS) is 27.1. The Hall–Kier alpha value is -0.850. The third kappa shape index (κ3) is 2.57. The van der Waals surface area contributed by atoms with Crippen LogP contribution >= 0.6 is 22.9 Å². The fourth-order valence-corrected chi connectivity index (χ4v) is 3.99. The van der Waals surface area contributed by atoms with Gasteiger partial charge in [-0.2, -0.15) is 0 Å². The van der Waals surface area contributed by atoms with Crippen molar-refractivity contribution in [2.45, 2.75) is 31.9 Å². The first-order valence-corrected chi connectivity index (χ1v) is 7.67. The average Bonchev–Trinajstić information content (AvgIpc) is 2.79. The average molecular weight is 302 g/mol. The van der Waals surface area contributed by atoms with Crippen LogP contribution in [0, 0.1) is 5.92 Å². The number of amides is 1. The Labute approximate surface area is 120 Å². The van der Waals surface area contributed by atoms with Crippen molar-refractivity contribution in [2.24, 2.45) is 5.92 Å². The number of fused-ring (bicyclic) bond motifs is 1. The zero-order valence-corrected chi connectivity index (χ0v) is 12.0. The molecule has 0 bridgehead atoms. The van der Waals surface area contributed by atoms with Crippen molar-refractivity contribution >= 4 is 34.0 Å². The van der Waals surface area contributed by atoms with Crippen molar-refractivity contribution in [3.63, 3.8) is 0 Å². The monoisotopic (exact) mass is 301 g/mol. The molecule has 1 aromatic heterocycles. The molecule has 0 spiro atoms. The number of aliphatic hydroxyl groups is 1. The van der Waals surface area contributed by atoms with Gasteiger partial charge in [0.05, 0.1) is 11.5 Å². The number of thiazole rings is 1. The number of piperidine rings is 2. The van der Waals surface area contributed by atoms with Crippen LogP contribution in [0.3, 0.4) is 0 Å². The number of rotatable bonds is 2. The van der Waals surface area contributed by atoms with Gasteiger partial charge in [-0.05, 0) is 18.8 Å². The summed E-state index contributed by atoms with van der Waals surface area (Å²) in [5, 5.41) is 13.5. The van der Waals surface area contributed by atoms with Gasteiger partial charge in [0.1, 0.15) is 5.15 Å². The molecule has 2 unspecified atom stereocenters. The summed E-state index contributed by atoms with van der Waals surface area (Å²) in [6.07, 6.45) is 2.51. The Morgan fingerprint density at radius 3 is 3.11 bits per heavy atom. The van der Waals surface area contributed by atoms with Crippen LogP contribution in [0.1, 0.15) is 24.1 Å². The number of nitrogens with zero attached hydrogens (tertiary/aromatic N) is 2. The van der Waals surface area contributed by atoms with E-state index in [0.29, 0.717) is 23.5 Å². The van der Waals surface area contributed by atoms with Gasteiger partial charge in [0, 0.05) is 25.6 Å². The number of aromatic nitrogens is 1. The Balaban J connectivity index is 1.72. The van der Waals surface area contributed by atoms with Gasteiger partial charge in [0.15, 0.2) is 5.13 Å². The minimum absolute atomic E-state index is 0.0630. The minimum atomic E-state index is -0.0630. The number of hydrogen-bond donors (Lipinski definition) is 2. The number of anilines is 1. The topological polar surface area (TPSA) is 65.5 Å². The smallest absolute Gasteiger partial charge is 0.220 e. The van der Waals surface area contributed by atoms with Gasteiger partial charge < -0.3 is 15.3 Å². The standard InChI is InChI=1S/C12H16ClN3O2S/c13-11-9(6-17)19-12(15-11)16-4-3-8-7(5-16)1-2-10(18)14-8/h7-8,17H,1-6H2,(H,14,18). The highest BCUT2D eigenvalue weighted by atomic mass is 35.5. The van der Waals surface area contributed by atoms with Crippen LogP contribution in [-0.2, 0) is 11.4 Å². The first kappa shape index (κ1) is 13.1. The summed E-state index contributed by atoms with van der Waals surface area (Å²) in [5.74, 6) is 0.668. The van der Waals surface area contributed by atoms with Gasteiger partial charge in [0.2, 0.25) is 5.91 Å². The van der Waals surface area contributed by atoms with E-state index in [1.807, 2.05) is 0 Å². The van der Waals surface area contributed by atoms with E-state index in [9.17, 15) is 4.79 Å². The van der Waals surface area contributed by atoms with E-state index in [1.54, 1.807) is 0 Å². The molecule has 2 aliphatic heterocycles. The predicted octanol–water partition coefficient (Wildman–Crippen LogP) is 1.39. The molecule has 104 valence electrons. The molecule has 1 aromatic rings. The van der Waals surface area contributed by atoms with E-state index in [2.05, 4.69) is 15.2 Å². The van der Waals surface area contributed by atoms with Gasteiger partial charge in [-0.3, -0.25) is 4.79 Å². The predicted molar refractivity (Wildman–Crippen MR) is 74.5 cm³/mol. The largest absolute Gasteiger partial charge is 0.391 e. The first-order valence-electron chi connectivity index (χ1n) is 6.47. The Morgan fingerprint density at radius 1 is 1.53 bits per heavy atom. The van der Waals surface area contributed by atoms with Crippen LogP contribution in [0.5, 0.6) is 0 Å². The lowest BCUT2D eigenvalue weighted by Crippen LogP contribution is -2.54. The molecule has 19 heavy (non-hydrogen) atoms. The highest BCUT2D eigenvalue weighted by Crippen LogP contribution is 2.34. The maximum Gasteiger partial charge on any atom is 0.220 e. The number of aliphatic hydroxyl groups excluding tert-OH is 1. The third-order valence-electron chi connectivity index (χ3n) is 3.88. The van der Waals surface area contributed by atoms with E-state index in [-0.39, 0.29) is 12.5 Å². The molecule has 2 fully saturated rings. The quantitative estimate of drug-likeness (QED) is 0.866. The lowest BCUT2D eigenvalue weighted by Gasteiger charge is -2.41. The van der Waals surface area contributed by atoms with Crippen molar-refractivity contribution in [3.05, 3.63) is 10.0 Å². The third-order valence-corrected chi connectivity index (χ3v) is 5.40. The summed E-state index contributed by atoms with van der Waals surface area (Å²) in [5.41, 5.74) is 0. The number of halogens is 1. The molecule has 2 aliphatic rings. The lowest BCUT2D eigenvalue weighted by atomic mass is 9.85. The molecule has 1 amide bonds. The molecule has 0 aromatic carbocycles. The number of hydrogen-bond acceptors (Lipinski definition) is 5. The Morgan fingerprint density at radius 2 is 2.37 bits per heavy atom. The van der Waals surface area contributed by atoms with Crippen LogP contribution in [0.4, 0.5) is 5.13 Å². The molecule has 2 atom stereocenters. The van der Waals surface area contributed by atoms with Crippen molar-refractivity contribution < 1.29 is 9.90 Å². The van der Waals surface area contributed by atoms with E-state index >= 15 is 0 Å². The van der Waals surface area contributed by atoms with Crippen LogP contribution in [0.15, 0.2) is 0 Å². The second-order valence-electron chi connectivity index (χ2n) is 5.08. The number of carbonyl (C=O) groups excluding carboxylic acids is 1. The van der Waals surface area contributed by atoms with Gasteiger partial charge in [-0.15, -0.1) is 0 Å². The molecule has 0 saturated carbocycles. The molecule has 7 heteroatoms. The van der Waals surface area contributed by atoms with Gasteiger partial charge in [-0.25, -0.2) is 4.98 Å². The number of carbonyl (C=O) groups is 1. The molecular weight excluding hydrogens is 286 g/mol. The summed E-state index contributed by atoms with van der Waals surface area (Å²) >= 11 is 7.43. The van der Waals surface area contributed by atoms with Crippen molar-refractivity contribution in [1.82, 2.24) is 10.3 Å². The SMILES string of the molecule is O=C1CCC2CN(c3nc(Cl)c(CO)s3)CCC2N1. The van der Waals surface area contributed by atoms with Gasteiger partial charge in [-0.1, -0.05) is 22.9 Å². The fourth-order valence-electron chi connectivity index (χ4n) is 2.84. The summed E-state index contributed by atoms with van der Waals surface area (Å²) in [6, 6.07) is 0.310. The zero-order valence-electron chi connectivity index (χ0n) is 10.4. The molecule has 3 heterocycles. The van der Waals surface area contributed by atoms with Crippen LogP contribution < -0.4 is 10.2 Å². The maximum atomic E-state index is 11.4. The highest BCUT2D eigenvalue weighted by Gasteiger charge is 2.34. The summed E-state index contributed by atoms with van der Waals surface area (Å²) in [7, 11) is 0. The van der Waals surface area contributed by atoms with Crippen LogP contribution in [0.25, 0.3) is 0 Å².